The zero-order chi connectivity index (χ0) is 12.7. The molecular weight excluding hydrogens is 254 g/mol. The van der Waals surface area contributed by atoms with Crippen LogP contribution >= 0.6 is 11.6 Å². The van der Waals surface area contributed by atoms with E-state index in [1.165, 1.54) is 0 Å². The number of nitrogen functional groups attached to an aromatic ring is 1. The average Bonchev–Trinajstić information content (AvgIpc) is 2.91. The number of hydrogen-bond acceptors (Lipinski definition) is 4. The number of benzene rings is 1. The molecule has 0 atom stereocenters. The molecule has 0 fully saturated rings. The molecule has 18 heavy (non-hydrogen) atoms. The molecule has 1 aliphatic rings. The zero-order valence-corrected chi connectivity index (χ0v) is 10.6. The molecule has 0 saturated heterocycles. The largest absolute Gasteiger partial charge is 0.454 e. The Balaban J connectivity index is 1.90. The molecule has 6 heteroatoms. The van der Waals surface area contributed by atoms with Crippen molar-refractivity contribution in [3.63, 3.8) is 0 Å². The van der Waals surface area contributed by atoms with Gasteiger partial charge >= 0.3 is 0 Å². The van der Waals surface area contributed by atoms with Crippen molar-refractivity contribution in [1.29, 1.82) is 0 Å². The fourth-order valence-electron chi connectivity index (χ4n) is 1.91. The van der Waals surface area contributed by atoms with Gasteiger partial charge in [0.15, 0.2) is 11.5 Å². The Hall–Kier alpha value is -1.88. The standard InChI is InChI=1S/C12H12ClN3O2/c1-7-11(13)12(14)16(15-7)5-8-2-3-9-10(4-8)18-6-17-9/h2-4H,5-6,14H2,1H3. The minimum Gasteiger partial charge on any atom is -0.454 e. The van der Waals surface area contributed by atoms with E-state index >= 15 is 0 Å². The lowest BCUT2D eigenvalue weighted by Gasteiger charge is -2.05. The van der Waals surface area contributed by atoms with Crippen molar-refractivity contribution in [2.24, 2.45) is 0 Å². The van der Waals surface area contributed by atoms with Crippen LogP contribution in [0.1, 0.15) is 11.3 Å². The predicted molar refractivity (Wildman–Crippen MR) is 68.1 cm³/mol. The molecule has 0 bridgehead atoms. The minimum absolute atomic E-state index is 0.271. The molecule has 1 aromatic carbocycles. The highest BCUT2D eigenvalue weighted by Crippen LogP contribution is 2.33. The smallest absolute Gasteiger partial charge is 0.231 e. The summed E-state index contributed by atoms with van der Waals surface area (Å²) >= 11 is 6.01. The van der Waals surface area contributed by atoms with Crippen molar-refractivity contribution < 1.29 is 9.47 Å². The fraction of sp³-hybridized carbons (Fsp3) is 0.250. The second-order valence-corrected chi connectivity index (χ2v) is 4.51. The highest BCUT2D eigenvalue weighted by molar-refractivity contribution is 6.33. The van der Waals surface area contributed by atoms with E-state index in [-0.39, 0.29) is 6.79 Å². The van der Waals surface area contributed by atoms with Crippen LogP contribution in [0.5, 0.6) is 11.5 Å². The second kappa shape index (κ2) is 4.10. The molecule has 0 spiro atoms. The van der Waals surface area contributed by atoms with Gasteiger partial charge in [-0.2, -0.15) is 5.10 Å². The van der Waals surface area contributed by atoms with Crippen LogP contribution in [-0.2, 0) is 6.54 Å². The minimum atomic E-state index is 0.271. The summed E-state index contributed by atoms with van der Waals surface area (Å²) in [4.78, 5) is 0. The average molecular weight is 266 g/mol. The first-order chi connectivity index (χ1) is 8.65. The van der Waals surface area contributed by atoms with E-state index in [9.17, 15) is 0 Å². The van der Waals surface area contributed by atoms with Crippen molar-refractivity contribution in [2.75, 3.05) is 12.5 Å². The van der Waals surface area contributed by atoms with Crippen LogP contribution in [-0.4, -0.2) is 16.6 Å². The molecule has 1 aromatic heterocycles. The summed E-state index contributed by atoms with van der Waals surface area (Å²) in [6, 6.07) is 5.76. The molecule has 0 radical (unpaired) electrons. The third-order valence-corrected chi connectivity index (χ3v) is 3.33. The number of fused-ring (bicyclic) bond motifs is 1. The highest BCUT2D eigenvalue weighted by Gasteiger charge is 2.15. The van der Waals surface area contributed by atoms with Gasteiger partial charge in [-0.3, -0.25) is 0 Å². The number of rotatable bonds is 2. The van der Waals surface area contributed by atoms with E-state index in [0.717, 1.165) is 22.8 Å². The third kappa shape index (κ3) is 1.76. The number of aromatic nitrogens is 2. The fourth-order valence-corrected chi connectivity index (χ4v) is 2.05. The normalized spacial score (nSPS) is 13.0. The molecule has 0 saturated carbocycles. The number of nitrogens with two attached hydrogens (primary N) is 1. The molecule has 0 amide bonds. The molecule has 5 nitrogen and oxygen atoms in total. The molecule has 94 valence electrons. The maximum Gasteiger partial charge on any atom is 0.231 e. The van der Waals surface area contributed by atoms with Gasteiger partial charge in [0.25, 0.3) is 0 Å². The quantitative estimate of drug-likeness (QED) is 0.904. The first-order valence-corrected chi connectivity index (χ1v) is 5.90. The summed E-state index contributed by atoms with van der Waals surface area (Å²) in [7, 11) is 0. The Morgan fingerprint density at radius 1 is 1.39 bits per heavy atom. The molecule has 0 aliphatic carbocycles. The van der Waals surface area contributed by atoms with Crippen molar-refractivity contribution in [3.8, 4) is 11.5 Å². The summed E-state index contributed by atoms with van der Waals surface area (Å²) in [6.45, 7) is 2.65. The van der Waals surface area contributed by atoms with Crippen LogP contribution in [0.2, 0.25) is 5.02 Å². The van der Waals surface area contributed by atoms with Gasteiger partial charge in [0, 0.05) is 0 Å². The zero-order valence-electron chi connectivity index (χ0n) is 9.81. The lowest BCUT2D eigenvalue weighted by Crippen LogP contribution is -2.06. The Morgan fingerprint density at radius 2 is 2.17 bits per heavy atom. The maximum atomic E-state index is 6.01. The summed E-state index contributed by atoms with van der Waals surface area (Å²) in [5.41, 5.74) is 7.64. The third-order valence-electron chi connectivity index (χ3n) is 2.86. The Bertz CT molecular complexity index is 610. The van der Waals surface area contributed by atoms with Crippen LogP contribution in [0, 0.1) is 6.92 Å². The van der Waals surface area contributed by atoms with Gasteiger partial charge < -0.3 is 15.2 Å². The van der Waals surface area contributed by atoms with Gasteiger partial charge in [-0.1, -0.05) is 17.7 Å². The van der Waals surface area contributed by atoms with E-state index in [2.05, 4.69) is 5.10 Å². The van der Waals surface area contributed by atoms with Crippen LogP contribution in [0.4, 0.5) is 5.82 Å². The van der Waals surface area contributed by atoms with E-state index in [0.29, 0.717) is 17.4 Å². The van der Waals surface area contributed by atoms with Gasteiger partial charge in [-0.25, -0.2) is 4.68 Å². The van der Waals surface area contributed by atoms with Crippen molar-refractivity contribution in [3.05, 3.63) is 34.5 Å². The maximum absolute atomic E-state index is 6.01. The first-order valence-electron chi connectivity index (χ1n) is 5.52. The van der Waals surface area contributed by atoms with Crippen molar-refractivity contribution in [2.45, 2.75) is 13.5 Å². The molecule has 2 N–H and O–H groups in total. The van der Waals surface area contributed by atoms with Gasteiger partial charge in [0.2, 0.25) is 6.79 Å². The van der Waals surface area contributed by atoms with Crippen LogP contribution in [0.3, 0.4) is 0 Å². The Morgan fingerprint density at radius 3 is 2.89 bits per heavy atom. The molecule has 2 aromatic rings. The summed E-state index contributed by atoms with van der Waals surface area (Å²) in [5.74, 6) is 1.99. The van der Waals surface area contributed by atoms with Gasteiger partial charge in [-0.15, -0.1) is 0 Å². The lowest BCUT2D eigenvalue weighted by atomic mass is 10.2. The molecule has 0 unspecified atom stereocenters. The van der Waals surface area contributed by atoms with Gasteiger partial charge in [-0.05, 0) is 24.6 Å². The van der Waals surface area contributed by atoms with Crippen LogP contribution in [0.25, 0.3) is 0 Å². The van der Waals surface area contributed by atoms with Crippen LogP contribution in [0.15, 0.2) is 18.2 Å². The van der Waals surface area contributed by atoms with Gasteiger partial charge in [0.1, 0.15) is 10.8 Å². The SMILES string of the molecule is Cc1nn(Cc2ccc3c(c2)OCO3)c(N)c1Cl. The number of aryl methyl sites for hydroxylation is 1. The summed E-state index contributed by atoms with van der Waals surface area (Å²) in [6.07, 6.45) is 0. The summed E-state index contributed by atoms with van der Waals surface area (Å²) < 4.78 is 12.3. The van der Waals surface area contributed by atoms with Gasteiger partial charge in [0.05, 0.1) is 12.2 Å². The number of ether oxygens (including phenoxy) is 2. The van der Waals surface area contributed by atoms with Crippen molar-refractivity contribution in [1.82, 2.24) is 9.78 Å². The predicted octanol–water partition coefficient (Wildman–Crippen LogP) is 2.20. The highest BCUT2D eigenvalue weighted by atomic mass is 35.5. The number of anilines is 1. The lowest BCUT2D eigenvalue weighted by molar-refractivity contribution is 0.174. The number of hydrogen-bond donors (Lipinski definition) is 1. The Kier molecular flexibility index (Phi) is 2.56. The topological polar surface area (TPSA) is 62.3 Å². The van der Waals surface area contributed by atoms with E-state index in [1.54, 1.807) is 4.68 Å². The number of halogens is 1. The second-order valence-electron chi connectivity index (χ2n) is 4.13. The monoisotopic (exact) mass is 265 g/mol. The van der Waals surface area contributed by atoms with Crippen molar-refractivity contribution >= 4 is 17.4 Å². The Labute approximate surface area is 109 Å². The first kappa shape index (κ1) is 11.2. The summed E-state index contributed by atoms with van der Waals surface area (Å²) in [5, 5.41) is 4.80. The van der Waals surface area contributed by atoms with E-state index in [1.807, 2.05) is 25.1 Å². The molecule has 2 heterocycles. The van der Waals surface area contributed by atoms with E-state index in [4.69, 9.17) is 26.8 Å². The number of nitrogens with zero attached hydrogens (tertiary/aromatic N) is 2. The molecule has 1 aliphatic heterocycles. The molecule has 3 rings (SSSR count). The molecular formula is C12H12ClN3O2. The van der Waals surface area contributed by atoms with Crippen LogP contribution < -0.4 is 15.2 Å². The van der Waals surface area contributed by atoms with E-state index < -0.39 is 0 Å².